The molecule has 0 saturated carbocycles. The molecule has 0 unspecified atom stereocenters. The summed E-state index contributed by atoms with van der Waals surface area (Å²) in [6.07, 6.45) is 0. The maximum Gasteiger partial charge on any atom is 0.168 e. The number of morpholine rings is 1. The highest BCUT2D eigenvalue weighted by Gasteiger charge is 2.20. The SMILES string of the molecule is N#CC(=C(O)C[NH+]1CCOCC1)c1nc2ccccc2s1. The third-order valence-corrected chi connectivity index (χ3v) is 4.58. The van der Waals surface area contributed by atoms with Gasteiger partial charge in [0.25, 0.3) is 0 Å². The molecule has 0 bridgehead atoms. The fourth-order valence-electron chi connectivity index (χ4n) is 2.38. The quantitative estimate of drug-likeness (QED) is 0.655. The predicted molar refractivity (Wildman–Crippen MR) is 81.2 cm³/mol. The molecule has 1 aromatic heterocycles. The van der Waals surface area contributed by atoms with Gasteiger partial charge in [0.15, 0.2) is 5.76 Å². The Morgan fingerprint density at radius 2 is 2.14 bits per heavy atom. The minimum absolute atomic E-state index is 0.119. The Bertz CT molecular complexity index is 678. The first-order valence-corrected chi connectivity index (χ1v) is 7.69. The van der Waals surface area contributed by atoms with Gasteiger partial charge in [-0.1, -0.05) is 12.1 Å². The molecule has 108 valence electrons. The highest BCUT2D eigenvalue weighted by molar-refractivity contribution is 7.19. The summed E-state index contributed by atoms with van der Waals surface area (Å²) in [6, 6.07) is 9.84. The Morgan fingerprint density at radius 1 is 1.38 bits per heavy atom. The van der Waals surface area contributed by atoms with Crippen molar-refractivity contribution >= 4 is 27.1 Å². The number of para-hydroxylation sites is 1. The van der Waals surface area contributed by atoms with Crippen molar-refractivity contribution in [2.45, 2.75) is 0 Å². The number of aliphatic hydroxyl groups excluding tert-OH is 1. The van der Waals surface area contributed by atoms with Crippen molar-refractivity contribution < 1.29 is 14.7 Å². The maximum absolute atomic E-state index is 10.3. The second kappa shape index (κ2) is 6.22. The third kappa shape index (κ3) is 3.05. The van der Waals surface area contributed by atoms with E-state index in [4.69, 9.17) is 4.74 Å². The van der Waals surface area contributed by atoms with Crippen LogP contribution in [0.3, 0.4) is 0 Å². The van der Waals surface area contributed by atoms with Gasteiger partial charge in [0, 0.05) is 0 Å². The molecule has 2 aromatic rings. The predicted octanol–water partition coefficient (Wildman–Crippen LogP) is 1.00. The highest BCUT2D eigenvalue weighted by Crippen LogP contribution is 2.27. The molecule has 21 heavy (non-hydrogen) atoms. The van der Waals surface area contributed by atoms with E-state index < -0.39 is 0 Å². The molecule has 1 saturated heterocycles. The lowest BCUT2D eigenvalue weighted by Gasteiger charge is -2.23. The molecule has 2 heterocycles. The summed E-state index contributed by atoms with van der Waals surface area (Å²) >= 11 is 1.43. The molecule has 0 atom stereocenters. The molecule has 0 amide bonds. The normalized spacial score (nSPS) is 17.5. The molecule has 1 fully saturated rings. The van der Waals surface area contributed by atoms with Crippen molar-refractivity contribution in [1.29, 1.82) is 5.26 Å². The summed E-state index contributed by atoms with van der Waals surface area (Å²) < 4.78 is 6.32. The lowest BCUT2D eigenvalue weighted by atomic mass is 10.2. The van der Waals surface area contributed by atoms with Gasteiger partial charge < -0.3 is 14.7 Å². The lowest BCUT2D eigenvalue weighted by Crippen LogP contribution is -3.14. The number of ether oxygens (including phenoxy) is 1. The van der Waals surface area contributed by atoms with E-state index in [9.17, 15) is 10.4 Å². The van der Waals surface area contributed by atoms with Crippen LogP contribution < -0.4 is 4.90 Å². The number of fused-ring (bicyclic) bond motifs is 1. The van der Waals surface area contributed by atoms with Gasteiger partial charge in [-0.25, -0.2) is 4.98 Å². The fraction of sp³-hybridized carbons (Fsp3) is 0.333. The molecule has 1 aromatic carbocycles. The van der Waals surface area contributed by atoms with Crippen molar-refractivity contribution in [3.8, 4) is 6.07 Å². The summed E-state index contributed by atoms with van der Waals surface area (Å²) in [5.74, 6) is 0.119. The van der Waals surface area contributed by atoms with E-state index in [1.165, 1.54) is 16.2 Å². The van der Waals surface area contributed by atoms with Crippen LogP contribution in [0.25, 0.3) is 15.8 Å². The number of hydrogen-bond acceptors (Lipinski definition) is 5. The number of benzene rings is 1. The largest absolute Gasteiger partial charge is 0.506 e. The minimum atomic E-state index is 0.119. The number of thiazole rings is 1. The molecule has 0 aliphatic carbocycles. The number of nitrogens with one attached hydrogen (secondary N) is 1. The van der Waals surface area contributed by atoms with Crippen molar-refractivity contribution in [2.75, 3.05) is 32.8 Å². The summed E-state index contributed by atoms with van der Waals surface area (Å²) in [4.78, 5) is 5.67. The molecule has 0 spiro atoms. The first-order valence-electron chi connectivity index (χ1n) is 6.87. The monoisotopic (exact) mass is 302 g/mol. The zero-order valence-electron chi connectivity index (χ0n) is 11.5. The molecule has 5 nitrogen and oxygen atoms in total. The first kappa shape index (κ1) is 14.0. The summed E-state index contributed by atoms with van der Waals surface area (Å²) in [5, 5.41) is 20.3. The van der Waals surface area contributed by atoms with Gasteiger partial charge in [0.05, 0.1) is 23.4 Å². The number of rotatable bonds is 3. The molecule has 6 heteroatoms. The van der Waals surface area contributed by atoms with Gasteiger partial charge in [0.2, 0.25) is 0 Å². The van der Waals surface area contributed by atoms with E-state index >= 15 is 0 Å². The topological polar surface area (TPSA) is 70.6 Å². The molecule has 1 aliphatic heterocycles. The Hall–Kier alpha value is -1.94. The maximum atomic E-state index is 10.3. The van der Waals surface area contributed by atoms with E-state index in [0.29, 0.717) is 24.8 Å². The van der Waals surface area contributed by atoms with Crippen molar-refractivity contribution in [2.24, 2.45) is 0 Å². The van der Waals surface area contributed by atoms with E-state index in [-0.39, 0.29) is 11.3 Å². The van der Waals surface area contributed by atoms with Crippen LogP contribution in [0.2, 0.25) is 0 Å². The molecular formula is C15H16N3O2S+. The van der Waals surface area contributed by atoms with Crippen LogP contribution in [0.15, 0.2) is 30.0 Å². The Balaban J connectivity index is 1.88. The number of hydrogen-bond donors (Lipinski definition) is 2. The van der Waals surface area contributed by atoms with E-state index in [0.717, 1.165) is 23.3 Å². The standard InChI is InChI=1S/C15H15N3O2S/c16-9-11(13(19)10-18-5-7-20-8-6-18)15-17-12-3-1-2-4-14(12)21-15/h1-4,19H,5-8,10H2/p+1. The van der Waals surface area contributed by atoms with Crippen LogP contribution in [0, 0.1) is 11.3 Å². The zero-order chi connectivity index (χ0) is 14.7. The zero-order valence-corrected chi connectivity index (χ0v) is 12.3. The number of aromatic nitrogens is 1. The average molecular weight is 302 g/mol. The van der Waals surface area contributed by atoms with Gasteiger partial charge in [-0.15, -0.1) is 11.3 Å². The van der Waals surface area contributed by atoms with E-state index in [1.54, 1.807) is 0 Å². The first-order chi connectivity index (χ1) is 10.3. The van der Waals surface area contributed by atoms with Crippen molar-refractivity contribution in [3.05, 3.63) is 35.0 Å². The molecule has 0 radical (unpaired) electrons. The number of aliphatic hydroxyl groups is 1. The lowest BCUT2D eigenvalue weighted by molar-refractivity contribution is -0.904. The summed E-state index contributed by atoms with van der Waals surface area (Å²) in [6.45, 7) is 3.55. The van der Waals surface area contributed by atoms with Crippen LogP contribution in [0.4, 0.5) is 0 Å². The Morgan fingerprint density at radius 3 is 2.86 bits per heavy atom. The van der Waals surface area contributed by atoms with E-state index in [1.807, 2.05) is 24.3 Å². The number of nitriles is 1. The van der Waals surface area contributed by atoms with Gasteiger partial charge in [0.1, 0.15) is 36.3 Å². The fourth-order valence-corrected chi connectivity index (χ4v) is 3.36. The van der Waals surface area contributed by atoms with Crippen molar-refractivity contribution in [3.63, 3.8) is 0 Å². The molecule has 1 aliphatic rings. The average Bonchev–Trinajstić information content (AvgIpc) is 2.92. The van der Waals surface area contributed by atoms with Gasteiger partial charge >= 0.3 is 0 Å². The van der Waals surface area contributed by atoms with Gasteiger partial charge in [-0.05, 0) is 12.1 Å². The Labute approximate surface area is 126 Å². The number of allylic oxidation sites excluding steroid dienone is 1. The summed E-state index contributed by atoms with van der Waals surface area (Å²) in [7, 11) is 0. The van der Waals surface area contributed by atoms with Crippen LogP contribution in [0.5, 0.6) is 0 Å². The number of quaternary nitrogens is 1. The van der Waals surface area contributed by atoms with Gasteiger partial charge in [-0.2, -0.15) is 5.26 Å². The summed E-state index contributed by atoms with van der Waals surface area (Å²) in [5.41, 5.74) is 1.15. The number of nitrogens with zero attached hydrogens (tertiary/aromatic N) is 2. The van der Waals surface area contributed by atoms with Crippen molar-refractivity contribution in [1.82, 2.24) is 4.98 Å². The second-order valence-corrected chi connectivity index (χ2v) is 5.99. The van der Waals surface area contributed by atoms with Crippen LogP contribution in [0.1, 0.15) is 5.01 Å². The third-order valence-electron chi connectivity index (χ3n) is 3.53. The van der Waals surface area contributed by atoms with Crippen LogP contribution >= 0.6 is 11.3 Å². The smallest absolute Gasteiger partial charge is 0.168 e. The molecule has 3 rings (SSSR count). The second-order valence-electron chi connectivity index (χ2n) is 4.96. The molecular weight excluding hydrogens is 286 g/mol. The Kier molecular flexibility index (Phi) is 4.15. The van der Waals surface area contributed by atoms with Crippen LogP contribution in [-0.4, -0.2) is 42.9 Å². The molecule has 2 N–H and O–H groups in total. The minimum Gasteiger partial charge on any atom is -0.506 e. The van der Waals surface area contributed by atoms with Crippen LogP contribution in [-0.2, 0) is 4.74 Å². The van der Waals surface area contributed by atoms with Gasteiger partial charge in [-0.3, -0.25) is 0 Å². The van der Waals surface area contributed by atoms with E-state index in [2.05, 4.69) is 11.1 Å². The highest BCUT2D eigenvalue weighted by atomic mass is 32.1.